The maximum absolute atomic E-state index is 10.8. The predicted octanol–water partition coefficient (Wildman–Crippen LogP) is 4.04. The normalized spacial score (nSPS) is 10.3. The van der Waals surface area contributed by atoms with E-state index in [-0.39, 0.29) is 12.5 Å². The molecule has 3 rings (SSSR count). The zero-order chi connectivity index (χ0) is 17.6. The first-order chi connectivity index (χ1) is 12.1. The number of nitrogens with one attached hydrogen (secondary N) is 2. The number of nitrogens with zero attached hydrogens (tertiary/aromatic N) is 2. The number of benzene rings is 2. The highest BCUT2D eigenvalue weighted by Gasteiger charge is 2.09. The van der Waals surface area contributed by atoms with Crippen LogP contribution in [0, 0.1) is 0 Å². The van der Waals surface area contributed by atoms with Gasteiger partial charge in [-0.05, 0) is 12.1 Å². The fourth-order valence-electron chi connectivity index (χ4n) is 2.20. The van der Waals surface area contributed by atoms with E-state index in [4.69, 9.17) is 16.7 Å². The summed E-state index contributed by atoms with van der Waals surface area (Å²) in [4.78, 5) is 19.5. The zero-order valence-corrected chi connectivity index (χ0v) is 13.9. The van der Waals surface area contributed by atoms with Gasteiger partial charge in [0, 0.05) is 11.6 Å². The van der Waals surface area contributed by atoms with Crippen LogP contribution in [-0.4, -0.2) is 27.6 Å². The van der Waals surface area contributed by atoms with Crippen molar-refractivity contribution in [2.45, 2.75) is 0 Å². The van der Waals surface area contributed by atoms with Crippen LogP contribution < -0.4 is 10.6 Å². The maximum atomic E-state index is 10.8. The summed E-state index contributed by atoms with van der Waals surface area (Å²) < 4.78 is 0. The number of anilines is 3. The standard InChI is InChI=1S/C18H15ClN4O2/c19-13-8-4-5-9-14(13)21-16-10-15(12-6-2-1-3-7-12)22-18(23-16)20-11-17(24)25/h1-10H,11H2,(H,24,25)(H2,20,21,22,23). The average molecular weight is 355 g/mol. The third-order valence-electron chi connectivity index (χ3n) is 3.33. The Hall–Kier alpha value is -3.12. The number of halogens is 1. The smallest absolute Gasteiger partial charge is 0.322 e. The van der Waals surface area contributed by atoms with Gasteiger partial charge in [-0.15, -0.1) is 0 Å². The van der Waals surface area contributed by atoms with Gasteiger partial charge in [-0.25, -0.2) is 4.98 Å². The lowest BCUT2D eigenvalue weighted by Gasteiger charge is -2.11. The molecule has 2 aromatic carbocycles. The fraction of sp³-hybridized carbons (Fsp3) is 0.0556. The molecule has 126 valence electrons. The number of carbonyl (C=O) groups is 1. The first kappa shape index (κ1) is 16.7. The molecule has 25 heavy (non-hydrogen) atoms. The maximum Gasteiger partial charge on any atom is 0.322 e. The van der Waals surface area contributed by atoms with Crippen LogP contribution in [0.1, 0.15) is 0 Å². The lowest BCUT2D eigenvalue weighted by molar-refractivity contribution is -0.134. The molecule has 1 aromatic heterocycles. The van der Waals surface area contributed by atoms with Gasteiger partial charge in [0.2, 0.25) is 5.95 Å². The predicted molar refractivity (Wildman–Crippen MR) is 98.3 cm³/mol. The van der Waals surface area contributed by atoms with Crippen molar-refractivity contribution in [2.24, 2.45) is 0 Å². The minimum Gasteiger partial charge on any atom is -0.480 e. The fourth-order valence-corrected chi connectivity index (χ4v) is 2.39. The monoisotopic (exact) mass is 354 g/mol. The van der Waals surface area contributed by atoms with Crippen LogP contribution in [0.2, 0.25) is 5.02 Å². The van der Waals surface area contributed by atoms with Crippen LogP contribution in [0.5, 0.6) is 0 Å². The van der Waals surface area contributed by atoms with Gasteiger partial charge in [0.15, 0.2) is 0 Å². The van der Waals surface area contributed by atoms with E-state index in [2.05, 4.69) is 20.6 Å². The molecule has 0 aliphatic rings. The van der Waals surface area contributed by atoms with E-state index in [1.54, 1.807) is 12.1 Å². The van der Waals surface area contributed by atoms with Gasteiger partial charge in [0.05, 0.1) is 16.4 Å². The summed E-state index contributed by atoms with van der Waals surface area (Å²) in [5.41, 5.74) is 2.26. The van der Waals surface area contributed by atoms with E-state index < -0.39 is 5.97 Å². The second kappa shape index (κ2) is 7.63. The van der Waals surface area contributed by atoms with Crippen molar-refractivity contribution < 1.29 is 9.90 Å². The van der Waals surface area contributed by atoms with Crippen molar-refractivity contribution in [3.8, 4) is 11.3 Å². The SMILES string of the molecule is O=C(O)CNc1nc(Nc2ccccc2Cl)cc(-c2ccccc2)n1. The zero-order valence-electron chi connectivity index (χ0n) is 13.1. The quantitative estimate of drug-likeness (QED) is 0.619. The highest BCUT2D eigenvalue weighted by Crippen LogP contribution is 2.27. The number of hydrogen-bond donors (Lipinski definition) is 3. The molecular weight excluding hydrogens is 340 g/mol. The van der Waals surface area contributed by atoms with Crippen LogP contribution in [0.15, 0.2) is 60.7 Å². The molecular formula is C18H15ClN4O2. The molecule has 0 aliphatic carbocycles. The van der Waals surface area contributed by atoms with Gasteiger partial charge in [-0.2, -0.15) is 4.98 Å². The molecule has 0 spiro atoms. The van der Waals surface area contributed by atoms with Crippen LogP contribution in [-0.2, 0) is 4.79 Å². The molecule has 0 atom stereocenters. The Morgan fingerprint density at radius 1 is 1.04 bits per heavy atom. The van der Waals surface area contributed by atoms with Gasteiger partial charge in [-0.1, -0.05) is 54.1 Å². The summed E-state index contributed by atoms with van der Waals surface area (Å²) in [6.07, 6.45) is 0. The van der Waals surface area contributed by atoms with Crippen molar-refractivity contribution in [1.29, 1.82) is 0 Å². The van der Waals surface area contributed by atoms with Gasteiger partial charge >= 0.3 is 5.97 Å². The molecule has 1 heterocycles. The summed E-state index contributed by atoms with van der Waals surface area (Å²) in [5.74, 6) is -0.262. The van der Waals surface area contributed by atoms with Gasteiger partial charge in [0.1, 0.15) is 12.4 Å². The minimum atomic E-state index is -0.991. The van der Waals surface area contributed by atoms with Crippen molar-refractivity contribution in [2.75, 3.05) is 17.2 Å². The molecule has 0 amide bonds. The van der Waals surface area contributed by atoms with Crippen LogP contribution in [0.25, 0.3) is 11.3 Å². The Labute approximate surface area is 149 Å². The van der Waals surface area contributed by atoms with Crippen molar-refractivity contribution in [3.05, 3.63) is 65.7 Å². The topological polar surface area (TPSA) is 87.1 Å². The molecule has 0 radical (unpaired) electrons. The molecule has 3 N–H and O–H groups in total. The van der Waals surface area contributed by atoms with E-state index in [1.165, 1.54) is 0 Å². The number of carboxylic acids is 1. The molecule has 0 unspecified atom stereocenters. The molecule has 7 heteroatoms. The molecule has 3 aromatic rings. The highest BCUT2D eigenvalue weighted by atomic mass is 35.5. The van der Waals surface area contributed by atoms with E-state index in [0.717, 1.165) is 5.56 Å². The number of rotatable bonds is 6. The Morgan fingerprint density at radius 2 is 1.76 bits per heavy atom. The first-order valence-corrected chi connectivity index (χ1v) is 7.91. The number of aliphatic carboxylic acids is 1. The molecule has 6 nitrogen and oxygen atoms in total. The largest absolute Gasteiger partial charge is 0.480 e. The highest BCUT2D eigenvalue weighted by molar-refractivity contribution is 6.33. The Morgan fingerprint density at radius 3 is 2.48 bits per heavy atom. The number of aromatic nitrogens is 2. The third-order valence-corrected chi connectivity index (χ3v) is 3.66. The van der Waals surface area contributed by atoms with E-state index in [9.17, 15) is 4.79 Å². The average Bonchev–Trinajstić information content (AvgIpc) is 2.62. The summed E-state index contributed by atoms with van der Waals surface area (Å²) in [6, 6.07) is 18.6. The van der Waals surface area contributed by atoms with E-state index in [0.29, 0.717) is 22.2 Å². The Balaban J connectivity index is 1.97. The first-order valence-electron chi connectivity index (χ1n) is 7.53. The van der Waals surface area contributed by atoms with Crippen LogP contribution in [0.3, 0.4) is 0 Å². The molecule has 0 saturated carbocycles. The lowest BCUT2D eigenvalue weighted by atomic mass is 10.1. The second-order valence-corrected chi connectivity index (χ2v) is 5.59. The van der Waals surface area contributed by atoms with Gasteiger partial charge < -0.3 is 15.7 Å². The number of para-hydroxylation sites is 1. The minimum absolute atomic E-state index is 0.221. The lowest BCUT2D eigenvalue weighted by Crippen LogP contribution is -2.15. The molecule has 0 fully saturated rings. The summed E-state index contributed by atoms with van der Waals surface area (Å²) in [7, 11) is 0. The van der Waals surface area contributed by atoms with E-state index >= 15 is 0 Å². The Kier molecular flexibility index (Phi) is 5.11. The van der Waals surface area contributed by atoms with Crippen LogP contribution in [0.4, 0.5) is 17.5 Å². The molecule has 0 bridgehead atoms. The van der Waals surface area contributed by atoms with E-state index in [1.807, 2.05) is 48.5 Å². The van der Waals surface area contributed by atoms with Crippen molar-refractivity contribution in [3.63, 3.8) is 0 Å². The number of hydrogen-bond acceptors (Lipinski definition) is 5. The Bertz CT molecular complexity index is 887. The second-order valence-electron chi connectivity index (χ2n) is 5.18. The van der Waals surface area contributed by atoms with Crippen molar-refractivity contribution in [1.82, 2.24) is 9.97 Å². The van der Waals surface area contributed by atoms with Crippen molar-refractivity contribution >= 4 is 35.0 Å². The summed E-state index contributed by atoms with van der Waals surface area (Å²) in [6.45, 7) is -0.274. The molecule has 0 aliphatic heterocycles. The third kappa shape index (κ3) is 4.45. The summed E-state index contributed by atoms with van der Waals surface area (Å²) >= 11 is 6.17. The van der Waals surface area contributed by atoms with Gasteiger partial charge in [0.25, 0.3) is 0 Å². The molecule has 0 saturated heterocycles. The van der Waals surface area contributed by atoms with Crippen LogP contribution >= 0.6 is 11.6 Å². The number of carboxylic acid groups (broad SMARTS) is 1. The summed E-state index contributed by atoms with van der Waals surface area (Å²) in [5, 5.41) is 15.2. The van der Waals surface area contributed by atoms with Gasteiger partial charge in [-0.3, -0.25) is 4.79 Å².